The highest BCUT2D eigenvalue weighted by Crippen LogP contribution is 2.35. The van der Waals surface area contributed by atoms with Crippen molar-refractivity contribution in [1.82, 2.24) is 9.88 Å². The summed E-state index contributed by atoms with van der Waals surface area (Å²) >= 11 is 0. The molecule has 0 unspecified atom stereocenters. The summed E-state index contributed by atoms with van der Waals surface area (Å²) in [6, 6.07) is 8.17. The lowest BCUT2D eigenvalue weighted by Crippen LogP contribution is -2.38. The van der Waals surface area contributed by atoms with Crippen molar-refractivity contribution in [3.05, 3.63) is 41.6 Å². The molecule has 27 heavy (non-hydrogen) atoms. The van der Waals surface area contributed by atoms with Gasteiger partial charge >= 0.3 is 0 Å². The number of pyridine rings is 1. The topological polar surface area (TPSA) is 77.7 Å². The molecule has 1 aliphatic rings. The monoisotopic (exact) mass is 369 g/mol. The molecule has 1 fully saturated rings. The van der Waals surface area contributed by atoms with Gasteiger partial charge in [-0.25, -0.2) is 0 Å². The Morgan fingerprint density at radius 3 is 2.59 bits per heavy atom. The highest BCUT2D eigenvalue weighted by Gasteiger charge is 2.23. The minimum atomic E-state index is -0.176. The number of carbonyl (C=O) groups is 1. The Bertz CT molecular complexity index is 814. The second-order valence-corrected chi connectivity index (χ2v) is 7.03. The van der Waals surface area contributed by atoms with Crippen LogP contribution in [0.4, 0.5) is 0 Å². The van der Waals surface area contributed by atoms with Gasteiger partial charge in [0.25, 0.3) is 0 Å². The van der Waals surface area contributed by atoms with Gasteiger partial charge in [-0.15, -0.1) is 0 Å². The van der Waals surface area contributed by atoms with Gasteiger partial charge in [0.1, 0.15) is 0 Å². The zero-order valence-electron chi connectivity index (χ0n) is 16.2. The average molecular weight is 369 g/mol. The molecule has 2 heterocycles. The zero-order valence-corrected chi connectivity index (χ0v) is 16.2. The van der Waals surface area contributed by atoms with Gasteiger partial charge in [-0.05, 0) is 68.2 Å². The van der Waals surface area contributed by atoms with E-state index < -0.39 is 0 Å². The van der Waals surface area contributed by atoms with E-state index in [1.165, 1.54) is 5.56 Å². The van der Waals surface area contributed by atoms with Gasteiger partial charge in [0.2, 0.25) is 5.91 Å². The first kappa shape index (κ1) is 19.2. The molecule has 1 aromatic heterocycles. The van der Waals surface area contributed by atoms with Crippen LogP contribution < -0.4 is 15.2 Å². The minimum absolute atomic E-state index is 0.0176. The normalized spacial score (nSPS) is 15.5. The maximum atomic E-state index is 11.3. The molecule has 1 aromatic carbocycles. The van der Waals surface area contributed by atoms with Crippen LogP contribution in [0.5, 0.6) is 11.5 Å². The van der Waals surface area contributed by atoms with Crippen molar-refractivity contribution in [3.8, 4) is 22.8 Å². The second-order valence-electron chi connectivity index (χ2n) is 7.03. The average Bonchev–Trinajstić information content (AvgIpc) is 2.68. The number of rotatable bonds is 6. The standard InChI is InChI=1S/C21H27N3O3/c1-14-10-17(12-19(26-2)20(14)27-3)18-11-15(4-7-23-18)13-24-8-5-16(6-9-24)21(22)25/h4,7,10-12,16H,5-6,8-9,13H2,1-3H3,(H2,22,25). The van der Waals surface area contributed by atoms with E-state index in [0.29, 0.717) is 5.75 Å². The molecule has 1 saturated heterocycles. The smallest absolute Gasteiger partial charge is 0.220 e. The second kappa shape index (κ2) is 8.39. The van der Waals surface area contributed by atoms with Crippen molar-refractivity contribution in [1.29, 1.82) is 0 Å². The quantitative estimate of drug-likeness (QED) is 0.847. The Labute approximate surface area is 160 Å². The van der Waals surface area contributed by atoms with E-state index in [1.807, 2.05) is 25.3 Å². The van der Waals surface area contributed by atoms with Gasteiger partial charge in [0.05, 0.1) is 19.9 Å². The maximum Gasteiger partial charge on any atom is 0.220 e. The summed E-state index contributed by atoms with van der Waals surface area (Å²) in [4.78, 5) is 18.2. The van der Waals surface area contributed by atoms with Gasteiger partial charge in [-0.3, -0.25) is 14.7 Å². The van der Waals surface area contributed by atoms with Crippen LogP contribution >= 0.6 is 0 Å². The molecule has 0 aliphatic carbocycles. The molecule has 0 bridgehead atoms. The third kappa shape index (κ3) is 4.39. The number of methoxy groups -OCH3 is 2. The van der Waals surface area contributed by atoms with E-state index >= 15 is 0 Å². The number of benzene rings is 1. The first-order chi connectivity index (χ1) is 13.0. The fourth-order valence-electron chi connectivity index (χ4n) is 3.67. The lowest BCUT2D eigenvalue weighted by atomic mass is 9.96. The number of likely N-dealkylation sites (tertiary alicyclic amines) is 1. The van der Waals surface area contributed by atoms with Crippen molar-refractivity contribution >= 4 is 5.91 Å². The van der Waals surface area contributed by atoms with Crippen molar-refractivity contribution in [2.45, 2.75) is 26.3 Å². The summed E-state index contributed by atoms with van der Waals surface area (Å²) in [6.07, 6.45) is 3.51. The Morgan fingerprint density at radius 2 is 1.96 bits per heavy atom. The number of hydrogen-bond acceptors (Lipinski definition) is 5. The summed E-state index contributed by atoms with van der Waals surface area (Å²) < 4.78 is 10.9. The molecule has 6 nitrogen and oxygen atoms in total. The number of nitrogens with zero attached hydrogens (tertiary/aromatic N) is 2. The molecular formula is C21H27N3O3. The van der Waals surface area contributed by atoms with Crippen LogP contribution in [0, 0.1) is 12.8 Å². The van der Waals surface area contributed by atoms with Crippen molar-refractivity contribution in [2.24, 2.45) is 11.7 Å². The van der Waals surface area contributed by atoms with Crippen LogP contribution in [-0.4, -0.2) is 43.1 Å². The molecule has 1 amide bonds. The largest absolute Gasteiger partial charge is 0.493 e. The van der Waals surface area contributed by atoms with Gasteiger partial charge in [-0.2, -0.15) is 0 Å². The van der Waals surface area contributed by atoms with Gasteiger partial charge < -0.3 is 15.2 Å². The fourth-order valence-corrected chi connectivity index (χ4v) is 3.67. The van der Waals surface area contributed by atoms with E-state index in [0.717, 1.165) is 55.0 Å². The summed E-state index contributed by atoms with van der Waals surface area (Å²) in [5, 5.41) is 0. The zero-order chi connectivity index (χ0) is 19.4. The number of ether oxygens (including phenoxy) is 2. The molecule has 0 spiro atoms. The Balaban J connectivity index is 1.76. The molecule has 0 radical (unpaired) electrons. The van der Waals surface area contributed by atoms with Gasteiger partial charge in [-0.1, -0.05) is 0 Å². The molecule has 0 atom stereocenters. The summed E-state index contributed by atoms with van der Waals surface area (Å²) in [7, 11) is 3.28. The van der Waals surface area contributed by atoms with Crippen molar-refractivity contribution in [2.75, 3.05) is 27.3 Å². The third-order valence-corrected chi connectivity index (χ3v) is 5.18. The Morgan fingerprint density at radius 1 is 1.22 bits per heavy atom. The van der Waals surface area contributed by atoms with Crippen molar-refractivity contribution < 1.29 is 14.3 Å². The molecule has 3 rings (SSSR count). The maximum absolute atomic E-state index is 11.3. The SMILES string of the molecule is COc1cc(-c2cc(CN3CCC(C(N)=O)CC3)ccn2)cc(C)c1OC. The lowest BCUT2D eigenvalue weighted by molar-refractivity contribution is -0.123. The fraction of sp³-hybridized carbons (Fsp3) is 0.429. The third-order valence-electron chi connectivity index (χ3n) is 5.18. The van der Waals surface area contributed by atoms with Crippen LogP contribution in [0.3, 0.4) is 0 Å². The summed E-state index contributed by atoms with van der Waals surface area (Å²) in [5.41, 5.74) is 9.53. The number of aryl methyl sites for hydroxylation is 1. The first-order valence-corrected chi connectivity index (χ1v) is 9.21. The molecule has 1 aliphatic heterocycles. The number of primary amides is 1. The van der Waals surface area contributed by atoms with Crippen LogP contribution in [0.1, 0.15) is 24.0 Å². The lowest BCUT2D eigenvalue weighted by Gasteiger charge is -2.30. The predicted molar refractivity (Wildman–Crippen MR) is 105 cm³/mol. The van der Waals surface area contributed by atoms with Gasteiger partial charge in [0.15, 0.2) is 11.5 Å². The van der Waals surface area contributed by atoms with E-state index in [-0.39, 0.29) is 11.8 Å². The predicted octanol–water partition coefficient (Wildman–Crippen LogP) is 2.77. The summed E-state index contributed by atoms with van der Waals surface area (Å²) in [6.45, 7) is 4.62. The number of carbonyl (C=O) groups excluding carboxylic acids is 1. The number of amides is 1. The number of hydrogen-bond donors (Lipinski definition) is 1. The molecular weight excluding hydrogens is 342 g/mol. The molecule has 2 aromatic rings. The van der Waals surface area contributed by atoms with Crippen LogP contribution in [0.2, 0.25) is 0 Å². The van der Waals surface area contributed by atoms with E-state index in [1.54, 1.807) is 14.2 Å². The highest BCUT2D eigenvalue weighted by molar-refractivity contribution is 5.76. The van der Waals surface area contributed by atoms with Crippen LogP contribution in [-0.2, 0) is 11.3 Å². The van der Waals surface area contributed by atoms with E-state index in [2.05, 4.69) is 22.0 Å². The first-order valence-electron chi connectivity index (χ1n) is 9.21. The minimum Gasteiger partial charge on any atom is -0.493 e. The van der Waals surface area contributed by atoms with Gasteiger partial charge in [0, 0.05) is 24.2 Å². The van der Waals surface area contributed by atoms with E-state index in [4.69, 9.17) is 15.2 Å². The number of aromatic nitrogens is 1. The highest BCUT2D eigenvalue weighted by atomic mass is 16.5. The van der Waals surface area contributed by atoms with Crippen molar-refractivity contribution in [3.63, 3.8) is 0 Å². The van der Waals surface area contributed by atoms with Crippen LogP contribution in [0.25, 0.3) is 11.3 Å². The molecule has 0 saturated carbocycles. The molecule has 2 N–H and O–H groups in total. The Hall–Kier alpha value is -2.60. The summed E-state index contributed by atoms with van der Waals surface area (Å²) in [5.74, 6) is 1.29. The van der Waals surface area contributed by atoms with E-state index in [9.17, 15) is 4.79 Å². The Kier molecular flexibility index (Phi) is 5.96. The molecule has 144 valence electrons. The number of nitrogens with two attached hydrogens (primary N) is 1. The number of piperidine rings is 1. The molecule has 6 heteroatoms. The van der Waals surface area contributed by atoms with Crippen LogP contribution in [0.15, 0.2) is 30.5 Å².